The van der Waals surface area contributed by atoms with Crippen LogP contribution < -0.4 is 11.1 Å². The molecule has 20 heavy (non-hydrogen) atoms. The fourth-order valence-corrected chi connectivity index (χ4v) is 3.50. The Morgan fingerprint density at radius 1 is 1.20 bits per heavy atom. The van der Waals surface area contributed by atoms with E-state index in [1.165, 1.54) is 25.8 Å². The molecule has 4 nitrogen and oxygen atoms in total. The van der Waals surface area contributed by atoms with E-state index in [1.807, 2.05) is 30.3 Å². The van der Waals surface area contributed by atoms with Gasteiger partial charge < -0.3 is 11.1 Å². The van der Waals surface area contributed by atoms with E-state index in [9.17, 15) is 4.79 Å². The lowest BCUT2D eigenvalue weighted by Crippen LogP contribution is -2.48. The standard InChI is InChI=1S/C16H23N3O/c17-15(12-6-2-1-3-7-12)16(20)18-13-9-11-19-10-5-4-8-14(13)19/h1-3,6-7,13-15H,4-5,8-11,17H2,(H,18,20). The number of fused-ring (bicyclic) bond motifs is 1. The van der Waals surface area contributed by atoms with Gasteiger partial charge >= 0.3 is 0 Å². The van der Waals surface area contributed by atoms with Crippen LogP contribution in [0.2, 0.25) is 0 Å². The van der Waals surface area contributed by atoms with Gasteiger partial charge in [0.05, 0.1) is 0 Å². The van der Waals surface area contributed by atoms with Crippen LogP contribution in [-0.2, 0) is 4.79 Å². The zero-order valence-electron chi connectivity index (χ0n) is 11.8. The molecule has 4 heteroatoms. The van der Waals surface area contributed by atoms with Crippen molar-refractivity contribution in [3.8, 4) is 0 Å². The first kappa shape index (κ1) is 13.6. The molecule has 3 N–H and O–H groups in total. The SMILES string of the molecule is NC(C(=O)NC1CCN2CCCCC12)c1ccccc1. The number of nitrogens with zero attached hydrogens (tertiary/aromatic N) is 1. The fourth-order valence-electron chi connectivity index (χ4n) is 3.50. The summed E-state index contributed by atoms with van der Waals surface area (Å²) in [7, 11) is 0. The summed E-state index contributed by atoms with van der Waals surface area (Å²) < 4.78 is 0. The Kier molecular flexibility index (Phi) is 4.03. The molecule has 1 aromatic rings. The number of rotatable bonds is 3. The molecule has 3 atom stereocenters. The van der Waals surface area contributed by atoms with Crippen LogP contribution in [0.3, 0.4) is 0 Å². The highest BCUT2D eigenvalue weighted by molar-refractivity contribution is 5.83. The molecule has 0 aliphatic carbocycles. The van der Waals surface area contributed by atoms with Crippen LogP contribution in [0.15, 0.2) is 30.3 Å². The summed E-state index contributed by atoms with van der Waals surface area (Å²) in [6.07, 6.45) is 4.82. The predicted octanol–water partition coefficient (Wildman–Crippen LogP) is 1.43. The van der Waals surface area contributed by atoms with Crippen molar-refractivity contribution in [3.05, 3.63) is 35.9 Å². The molecule has 2 saturated heterocycles. The van der Waals surface area contributed by atoms with Gasteiger partial charge in [-0.05, 0) is 31.4 Å². The van der Waals surface area contributed by atoms with Crippen molar-refractivity contribution in [2.75, 3.05) is 13.1 Å². The minimum atomic E-state index is -0.561. The maximum Gasteiger partial charge on any atom is 0.241 e. The number of benzene rings is 1. The van der Waals surface area contributed by atoms with E-state index in [0.29, 0.717) is 6.04 Å². The lowest BCUT2D eigenvalue weighted by molar-refractivity contribution is -0.123. The number of hydrogen-bond acceptors (Lipinski definition) is 3. The monoisotopic (exact) mass is 273 g/mol. The van der Waals surface area contributed by atoms with Gasteiger partial charge in [0.2, 0.25) is 5.91 Å². The number of carbonyl (C=O) groups is 1. The number of amides is 1. The second-order valence-corrected chi connectivity index (χ2v) is 5.89. The second-order valence-electron chi connectivity index (χ2n) is 5.89. The Labute approximate surface area is 120 Å². The first-order valence-electron chi connectivity index (χ1n) is 7.60. The van der Waals surface area contributed by atoms with Gasteiger partial charge in [-0.1, -0.05) is 36.8 Å². The molecule has 3 unspecified atom stereocenters. The van der Waals surface area contributed by atoms with Crippen LogP contribution in [0.25, 0.3) is 0 Å². The zero-order chi connectivity index (χ0) is 13.9. The summed E-state index contributed by atoms with van der Waals surface area (Å²) in [4.78, 5) is 14.8. The van der Waals surface area contributed by atoms with Gasteiger partial charge in [-0.2, -0.15) is 0 Å². The molecule has 2 heterocycles. The first-order valence-corrected chi connectivity index (χ1v) is 7.60. The summed E-state index contributed by atoms with van der Waals surface area (Å²) in [5.74, 6) is -0.0476. The van der Waals surface area contributed by atoms with Crippen LogP contribution in [0, 0.1) is 0 Å². The third-order valence-electron chi connectivity index (χ3n) is 4.62. The third kappa shape index (κ3) is 2.72. The Balaban J connectivity index is 1.61. The minimum absolute atomic E-state index is 0.0476. The lowest BCUT2D eigenvalue weighted by atomic mass is 9.98. The number of hydrogen-bond donors (Lipinski definition) is 2. The largest absolute Gasteiger partial charge is 0.350 e. The third-order valence-corrected chi connectivity index (χ3v) is 4.62. The van der Waals surface area contributed by atoms with E-state index in [1.54, 1.807) is 0 Å². The van der Waals surface area contributed by atoms with Gasteiger partial charge in [-0.3, -0.25) is 9.69 Å². The molecular formula is C16H23N3O. The molecular weight excluding hydrogens is 250 g/mol. The van der Waals surface area contributed by atoms with E-state index < -0.39 is 6.04 Å². The first-order chi connectivity index (χ1) is 9.75. The van der Waals surface area contributed by atoms with Crippen molar-refractivity contribution in [3.63, 3.8) is 0 Å². The van der Waals surface area contributed by atoms with Crippen LogP contribution in [0.5, 0.6) is 0 Å². The molecule has 1 aromatic carbocycles. The molecule has 2 aliphatic rings. The Morgan fingerprint density at radius 3 is 2.80 bits per heavy atom. The van der Waals surface area contributed by atoms with Crippen molar-refractivity contribution in [2.24, 2.45) is 5.73 Å². The summed E-state index contributed by atoms with van der Waals surface area (Å²) >= 11 is 0. The van der Waals surface area contributed by atoms with Gasteiger partial charge in [0, 0.05) is 18.6 Å². The molecule has 2 aliphatic heterocycles. The molecule has 2 fully saturated rings. The minimum Gasteiger partial charge on any atom is -0.350 e. The van der Waals surface area contributed by atoms with Gasteiger partial charge in [0.15, 0.2) is 0 Å². The van der Waals surface area contributed by atoms with E-state index in [4.69, 9.17) is 5.73 Å². The summed E-state index contributed by atoms with van der Waals surface area (Å²) in [5, 5.41) is 3.17. The molecule has 0 radical (unpaired) electrons. The second kappa shape index (κ2) is 5.94. The van der Waals surface area contributed by atoms with E-state index in [0.717, 1.165) is 18.5 Å². The quantitative estimate of drug-likeness (QED) is 0.876. The lowest BCUT2D eigenvalue weighted by Gasteiger charge is -2.32. The Hall–Kier alpha value is -1.39. The van der Waals surface area contributed by atoms with Gasteiger partial charge in [-0.25, -0.2) is 0 Å². The molecule has 0 spiro atoms. The van der Waals surface area contributed by atoms with Crippen molar-refractivity contribution in [1.82, 2.24) is 10.2 Å². The van der Waals surface area contributed by atoms with Crippen LogP contribution in [0.1, 0.15) is 37.3 Å². The molecule has 0 bridgehead atoms. The Morgan fingerprint density at radius 2 is 2.00 bits per heavy atom. The summed E-state index contributed by atoms with van der Waals surface area (Å²) in [5.41, 5.74) is 6.94. The number of nitrogens with two attached hydrogens (primary N) is 1. The molecule has 0 aromatic heterocycles. The predicted molar refractivity (Wildman–Crippen MR) is 79.1 cm³/mol. The van der Waals surface area contributed by atoms with Gasteiger partial charge in [0.25, 0.3) is 0 Å². The topological polar surface area (TPSA) is 58.4 Å². The fraction of sp³-hybridized carbons (Fsp3) is 0.562. The summed E-state index contributed by atoms with van der Waals surface area (Å²) in [6.45, 7) is 2.29. The highest BCUT2D eigenvalue weighted by Crippen LogP contribution is 2.27. The molecule has 0 saturated carbocycles. The smallest absolute Gasteiger partial charge is 0.241 e. The maximum absolute atomic E-state index is 12.3. The normalized spacial score (nSPS) is 27.9. The molecule has 3 rings (SSSR count). The van der Waals surface area contributed by atoms with Crippen LogP contribution >= 0.6 is 0 Å². The number of nitrogens with one attached hydrogen (secondary N) is 1. The van der Waals surface area contributed by atoms with Gasteiger partial charge in [-0.15, -0.1) is 0 Å². The van der Waals surface area contributed by atoms with E-state index in [-0.39, 0.29) is 11.9 Å². The van der Waals surface area contributed by atoms with E-state index in [2.05, 4.69) is 10.2 Å². The van der Waals surface area contributed by atoms with Crippen molar-refractivity contribution in [2.45, 2.75) is 43.8 Å². The Bertz CT molecular complexity index is 462. The molecule has 1 amide bonds. The summed E-state index contributed by atoms with van der Waals surface area (Å²) in [6, 6.07) is 9.83. The number of piperidine rings is 1. The van der Waals surface area contributed by atoms with E-state index >= 15 is 0 Å². The van der Waals surface area contributed by atoms with Crippen LogP contribution in [0.4, 0.5) is 0 Å². The van der Waals surface area contributed by atoms with Crippen LogP contribution in [-0.4, -0.2) is 36.0 Å². The average Bonchev–Trinajstić information content (AvgIpc) is 2.91. The van der Waals surface area contributed by atoms with Crippen molar-refractivity contribution in [1.29, 1.82) is 0 Å². The average molecular weight is 273 g/mol. The highest BCUT2D eigenvalue weighted by atomic mass is 16.2. The van der Waals surface area contributed by atoms with Crippen molar-refractivity contribution < 1.29 is 4.79 Å². The maximum atomic E-state index is 12.3. The molecule has 108 valence electrons. The van der Waals surface area contributed by atoms with Crippen molar-refractivity contribution >= 4 is 5.91 Å². The number of carbonyl (C=O) groups excluding carboxylic acids is 1. The zero-order valence-corrected chi connectivity index (χ0v) is 11.8. The highest BCUT2D eigenvalue weighted by Gasteiger charge is 2.36. The van der Waals surface area contributed by atoms with Gasteiger partial charge in [0.1, 0.15) is 6.04 Å².